The maximum atomic E-state index is 13.5. The molecule has 0 radical (unpaired) electrons. The number of aliphatic carboxylic acids is 1. The van der Waals surface area contributed by atoms with Crippen LogP contribution >= 0.6 is 11.6 Å². The molecule has 0 saturated carbocycles. The normalized spacial score (nSPS) is 11.7. The number of carboxylic acid groups (broad SMARTS) is 1. The van der Waals surface area contributed by atoms with Crippen molar-refractivity contribution in [2.24, 2.45) is 5.10 Å². The van der Waals surface area contributed by atoms with Crippen LogP contribution in [0.3, 0.4) is 0 Å². The standard InChI is InChI=1S/C24H20ClF4N3O7/c1-13-7-14(26)3-4-19(13)39-20-9-17(24(27,28)29)18(25)8-16(20)23(37)31-15(5-6-33)11-30-32(2)12-38-22(36)10-21(34)35/h3-9,11H,10,12H2,1-2H3,(H,31,37)(H,34,35)/b15-5+,30-11-. The maximum absolute atomic E-state index is 13.5. The fraction of sp³-hybridized carbons (Fsp3) is 0.208. The number of hydrazone groups is 1. The molecule has 0 aromatic heterocycles. The van der Waals surface area contributed by atoms with Crippen LogP contribution in [0.25, 0.3) is 0 Å². The molecule has 0 atom stereocenters. The van der Waals surface area contributed by atoms with Crippen LogP contribution in [-0.4, -0.2) is 54.2 Å². The summed E-state index contributed by atoms with van der Waals surface area (Å²) in [6, 6.07) is 4.48. The zero-order chi connectivity index (χ0) is 29.3. The Morgan fingerprint density at radius 2 is 1.87 bits per heavy atom. The Morgan fingerprint density at radius 3 is 2.46 bits per heavy atom. The summed E-state index contributed by atoms with van der Waals surface area (Å²) in [6.07, 6.45) is -3.67. The Bertz CT molecular complexity index is 1330. The van der Waals surface area contributed by atoms with Crippen molar-refractivity contribution >= 4 is 41.9 Å². The van der Waals surface area contributed by atoms with E-state index in [9.17, 15) is 36.7 Å². The Kier molecular flexibility index (Phi) is 10.5. The third-order valence-electron chi connectivity index (χ3n) is 4.58. The summed E-state index contributed by atoms with van der Waals surface area (Å²) in [5, 5.41) is 14.8. The van der Waals surface area contributed by atoms with Crippen molar-refractivity contribution in [2.45, 2.75) is 19.5 Å². The van der Waals surface area contributed by atoms with Gasteiger partial charge in [-0.1, -0.05) is 11.6 Å². The highest BCUT2D eigenvalue weighted by molar-refractivity contribution is 6.32. The van der Waals surface area contributed by atoms with E-state index in [1.165, 1.54) is 14.0 Å². The molecule has 0 fully saturated rings. The second kappa shape index (κ2) is 13.4. The molecule has 2 N–H and O–H groups in total. The fourth-order valence-corrected chi connectivity index (χ4v) is 3.07. The van der Waals surface area contributed by atoms with E-state index in [1.54, 1.807) is 0 Å². The number of carbonyl (C=O) groups is 4. The number of amides is 1. The first-order valence-corrected chi connectivity index (χ1v) is 11.0. The highest BCUT2D eigenvalue weighted by Crippen LogP contribution is 2.40. The molecule has 0 aliphatic rings. The van der Waals surface area contributed by atoms with E-state index in [1.807, 2.05) is 0 Å². The lowest BCUT2D eigenvalue weighted by Gasteiger charge is -2.17. The van der Waals surface area contributed by atoms with Gasteiger partial charge in [-0.25, -0.2) is 4.39 Å². The summed E-state index contributed by atoms with van der Waals surface area (Å²) in [6.45, 7) is 0.962. The van der Waals surface area contributed by atoms with Crippen molar-refractivity contribution in [3.8, 4) is 11.5 Å². The first-order valence-electron chi connectivity index (χ1n) is 10.6. The Hall–Kier alpha value is -4.46. The molecule has 10 nitrogen and oxygen atoms in total. The van der Waals surface area contributed by atoms with Gasteiger partial charge in [0.2, 0.25) is 0 Å². The molecular formula is C24H20ClF4N3O7. The molecule has 2 rings (SSSR count). The minimum absolute atomic E-state index is 0.0369. The molecule has 0 heterocycles. The molecule has 2 aromatic rings. The van der Waals surface area contributed by atoms with Crippen molar-refractivity contribution in [1.29, 1.82) is 0 Å². The average molecular weight is 574 g/mol. The maximum Gasteiger partial charge on any atom is 0.417 e. The highest BCUT2D eigenvalue weighted by Gasteiger charge is 2.35. The molecule has 0 saturated heterocycles. The van der Waals surface area contributed by atoms with Gasteiger partial charge in [-0.05, 0) is 42.8 Å². The number of aldehydes is 1. The second-order valence-electron chi connectivity index (χ2n) is 7.67. The Morgan fingerprint density at radius 1 is 1.18 bits per heavy atom. The van der Waals surface area contributed by atoms with Crippen LogP contribution in [0.5, 0.6) is 11.5 Å². The minimum atomic E-state index is -4.89. The van der Waals surface area contributed by atoms with E-state index in [-0.39, 0.29) is 23.3 Å². The molecule has 0 spiro atoms. The van der Waals surface area contributed by atoms with Crippen molar-refractivity contribution in [3.63, 3.8) is 0 Å². The summed E-state index contributed by atoms with van der Waals surface area (Å²) in [5.41, 5.74) is -1.76. The van der Waals surface area contributed by atoms with E-state index in [0.717, 1.165) is 41.6 Å². The van der Waals surface area contributed by atoms with Gasteiger partial charge in [-0.2, -0.15) is 18.3 Å². The lowest BCUT2D eigenvalue weighted by Crippen LogP contribution is -2.26. The third-order valence-corrected chi connectivity index (χ3v) is 4.90. The first-order chi connectivity index (χ1) is 18.2. The number of halogens is 5. The molecule has 0 bridgehead atoms. The van der Waals surface area contributed by atoms with Crippen LogP contribution in [0.15, 0.2) is 47.2 Å². The minimum Gasteiger partial charge on any atom is -0.481 e. The SMILES string of the molecule is Cc1cc(F)ccc1Oc1cc(C(F)(F)F)c(Cl)cc1C(=O)NC(/C=N\N(C)COC(=O)CC(=O)O)=C/C=O. The van der Waals surface area contributed by atoms with Gasteiger partial charge < -0.3 is 19.9 Å². The number of hydrogen-bond donors (Lipinski definition) is 2. The number of nitrogens with zero attached hydrogens (tertiary/aromatic N) is 2. The summed E-state index contributed by atoms with van der Waals surface area (Å²) < 4.78 is 64.1. The average Bonchev–Trinajstić information content (AvgIpc) is 2.82. The summed E-state index contributed by atoms with van der Waals surface area (Å²) in [5.74, 6) is -4.70. The van der Waals surface area contributed by atoms with Crippen molar-refractivity contribution in [1.82, 2.24) is 10.3 Å². The summed E-state index contributed by atoms with van der Waals surface area (Å²) in [7, 11) is 1.32. The van der Waals surface area contributed by atoms with Gasteiger partial charge in [0.15, 0.2) is 6.73 Å². The number of carboxylic acids is 1. The van der Waals surface area contributed by atoms with Gasteiger partial charge in [0.25, 0.3) is 5.91 Å². The number of carbonyl (C=O) groups excluding carboxylic acids is 3. The van der Waals surface area contributed by atoms with Gasteiger partial charge in [-0.15, -0.1) is 0 Å². The molecule has 1 amide bonds. The summed E-state index contributed by atoms with van der Waals surface area (Å²) >= 11 is 5.79. The quantitative estimate of drug-likeness (QED) is 0.0594. The Labute approximate surface area is 223 Å². The molecule has 0 aliphatic carbocycles. The lowest BCUT2D eigenvalue weighted by molar-refractivity contribution is -0.154. The monoisotopic (exact) mass is 573 g/mol. The number of esters is 1. The highest BCUT2D eigenvalue weighted by atomic mass is 35.5. The lowest BCUT2D eigenvalue weighted by atomic mass is 10.1. The Balaban J connectivity index is 2.33. The molecule has 2 aromatic carbocycles. The number of nitrogens with one attached hydrogen (secondary N) is 1. The van der Waals surface area contributed by atoms with Gasteiger partial charge in [0.1, 0.15) is 30.0 Å². The zero-order valence-corrected chi connectivity index (χ0v) is 21.0. The molecular weight excluding hydrogens is 554 g/mol. The van der Waals surface area contributed by atoms with Crippen LogP contribution < -0.4 is 10.1 Å². The van der Waals surface area contributed by atoms with E-state index < -0.39 is 64.9 Å². The van der Waals surface area contributed by atoms with E-state index >= 15 is 0 Å². The molecule has 0 aliphatic heterocycles. The van der Waals surface area contributed by atoms with Gasteiger partial charge in [0.05, 0.1) is 28.1 Å². The molecule has 39 heavy (non-hydrogen) atoms. The predicted molar refractivity (Wildman–Crippen MR) is 129 cm³/mol. The number of benzene rings is 2. The van der Waals surface area contributed by atoms with Crippen LogP contribution in [0.2, 0.25) is 5.02 Å². The van der Waals surface area contributed by atoms with Crippen molar-refractivity contribution in [2.75, 3.05) is 13.8 Å². The number of rotatable bonds is 11. The van der Waals surface area contributed by atoms with E-state index in [0.29, 0.717) is 6.07 Å². The topological polar surface area (TPSA) is 135 Å². The number of alkyl halides is 3. The van der Waals surface area contributed by atoms with Crippen molar-refractivity contribution in [3.05, 3.63) is 69.6 Å². The van der Waals surface area contributed by atoms with Crippen molar-refractivity contribution < 1.29 is 51.3 Å². The largest absolute Gasteiger partial charge is 0.481 e. The second-order valence-corrected chi connectivity index (χ2v) is 8.08. The number of allylic oxidation sites excluding steroid dienone is 2. The first kappa shape index (κ1) is 30.8. The van der Waals surface area contributed by atoms with E-state index in [4.69, 9.17) is 21.4 Å². The van der Waals surface area contributed by atoms with Crippen LogP contribution in [-0.2, 0) is 25.3 Å². The van der Waals surface area contributed by atoms with Gasteiger partial charge >= 0.3 is 18.1 Å². The zero-order valence-electron chi connectivity index (χ0n) is 20.2. The van der Waals surface area contributed by atoms with Crippen LogP contribution in [0.1, 0.15) is 27.9 Å². The molecule has 208 valence electrons. The van der Waals surface area contributed by atoms with Gasteiger partial charge in [0, 0.05) is 13.1 Å². The number of ether oxygens (including phenoxy) is 2. The number of aryl methyl sites for hydroxylation is 1. The molecule has 0 unspecified atom stereocenters. The smallest absolute Gasteiger partial charge is 0.417 e. The molecule has 15 heteroatoms. The fourth-order valence-electron chi connectivity index (χ4n) is 2.80. The third kappa shape index (κ3) is 9.41. The summed E-state index contributed by atoms with van der Waals surface area (Å²) in [4.78, 5) is 45.9. The van der Waals surface area contributed by atoms with E-state index in [2.05, 4.69) is 15.2 Å². The van der Waals surface area contributed by atoms with Gasteiger partial charge in [-0.3, -0.25) is 24.2 Å². The number of hydrogen-bond acceptors (Lipinski definition) is 8. The van der Waals surface area contributed by atoms with Crippen LogP contribution in [0.4, 0.5) is 17.6 Å². The predicted octanol–water partition coefficient (Wildman–Crippen LogP) is 4.30. The van der Waals surface area contributed by atoms with Crippen LogP contribution in [0, 0.1) is 12.7 Å².